The Balaban J connectivity index is 2.63. The van der Waals surface area contributed by atoms with Crippen molar-refractivity contribution in [3.8, 4) is 11.8 Å². The molecule has 1 heterocycles. The lowest BCUT2D eigenvalue weighted by atomic mass is 10.1. The number of amides is 1. The highest BCUT2D eigenvalue weighted by molar-refractivity contribution is 6.32. The van der Waals surface area contributed by atoms with E-state index in [-0.39, 0.29) is 5.91 Å². The number of carbonyl (C=O) groups excluding carboxylic acids is 1. The topological polar surface area (TPSA) is 53.3 Å². The van der Waals surface area contributed by atoms with Gasteiger partial charge in [-0.15, -0.1) is 0 Å². The highest BCUT2D eigenvalue weighted by Gasteiger charge is 2.29. The number of likely N-dealkylation sites (N-methyl/N-ethyl adjacent to an activating group) is 1. The summed E-state index contributed by atoms with van der Waals surface area (Å²) >= 11 is 0. The van der Waals surface area contributed by atoms with Gasteiger partial charge in [-0.1, -0.05) is 0 Å². The molecule has 0 saturated heterocycles. The van der Waals surface area contributed by atoms with Gasteiger partial charge in [0, 0.05) is 18.7 Å². The summed E-state index contributed by atoms with van der Waals surface area (Å²) in [4.78, 5) is 13.3. The molecule has 16 heavy (non-hydrogen) atoms. The number of hydrogen-bond acceptors (Lipinski definition) is 3. The summed E-state index contributed by atoms with van der Waals surface area (Å²) in [6.07, 6.45) is 1.27. The zero-order valence-electron chi connectivity index (χ0n) is 9.02. The first-order chi connectivity index (χ1) is 7.69. The van der Waals surface area contributed by atoms with Gasteiger partial charge in [0.15, 0.2) is 0 Å². The quantitative estimate of drug-likeness (QED) is 0.526. The Bertz CT molecular complexity index is 526. The Hall–Kier alpha value is -2.28. The molecule has 4 heteroatoms. The number of nitrogens with zero attached hydrogens (tertiary/aromatic N) is 2. The molecule has 0 radical (unpaired) electrons. The van der Waals surface area contributed by atoms with Gasteiger partial charge in [0.1, 0.15) is 5.75 Å². The fourth-order valence-corrected chi connectivity index (χ4v) is 1.76. The number of benzene rings is 1. The average Bonchev–Trinajstić information content (AvgIpc) is 2.54. The number of allylic oxidation sites excluding steroid dienone is 1. The van der Waals surface area contributed by atoms with E-state index in [9.17, 15) is 4.79 Å². The van der Waals surface area contributed by atoms with Crippen LogP contribution in [0, 0.1) is 11.3 Å². The zero-order chi connectivity index (χ0) is 11.7. The van der Waals surface area contributed by atoms with Gasteiger partial charge in [-0.3, -0.25) is 4.79 Å². The van der Waals surface area contributed by atoms with Crippen molar-refractivity contribution in [2.45, 2.75) is 0 Å². The molecule has 0 bridgehead atoms. The van der Waals surface area contributed by atoms with Crippen molar-refractivity contribution in [3.05, 3.63) is 29.8 Å². The van der Waals surface area contributed by atoms with Crippen molar-refractivity contribution in [1.82, 2.24) is 0 Å². The summed E-state index contributed by atoms with van der Waals surface area (Å²) < 4.78 is 5.10. The number of hydrogen-bond donors (Lipinski definition) is 0. The van der Waals surface area contributed by atoms with E-state index in [0.717, 1.165) is 11.3 Å². The lowest BCUT2D eigenvalue weighted by Crippen LogP contribution is -2.20. The van der Waals surface area contributed by atoms with E-state index in [4.69, 9.17) is 10.00 Å². The lowest BCUT2D eigenvalue weighted by molar-refractivity contribution is -0.112. The zero-order valence-corrected chi connectivity index (χ0v) is 9.02. The van der Waals surface area contributed by atoms with Gasteiger partial charge in [0.05, 0.1) is 24.4 Å². The van der Waals surface area contributed by atoms with Crippen LogP contribution in [0.2, 0.25) is 0 Å². The maximum atomic E-state index is 11.8. The van der Waals surface area contributed by atoms with E-state index < -0.39 is 0 Å². The molecule has 1 amide bonds. The normalized spacial score (nSPS) is 16.2. The minimum atomic E-state index is -0.162. The van der Waals surface area contributed by atoms with Crippen LogP contribution in [0.15, 0.2) is 24.3 Å². The SMILES string of the molecule is COc1ccc2c(c1)/C(=C\C#N)C(=O)N2C. The predicted molar refractivity (Wildman–Crippen MR) is 60.0 cm³/mol. The summed E-state index contributed by atoms with van der Waals surface area (Å²) in [5.74, 6) is 0.510. The maximum Gasteiger partial charge on any atom is 0.259 e. The molecule has 0 aliphatic carbocycles. The van der Waals surface area contributed by atoms with Gasteiger partial charge in [-0.2, -0.15) is 5.26 Å². The van der Waals surface area contributed by atoms with Gasteiger partial charge in [-0.25, -0.2) is 0 Å². The second-order valence-corrected chi connectivity index (χ2v) is 3.43. The number of ether oxygens (including phenoxy) is 1. The summed E-state index contributed by atoms with van der Waals surface area (Å²) in [6, 6.07) is 7.25. The summed E-state index contributed by atoms with van der Waals surface area (Å²) in [7, 11) is 3.25. The number of rotatable bonds is 1. The van der Waals surface area contributed by atoms with Crippen LogP contribution in [-0.4, -0.2) is 20.1 Å². The fourth-order valence-electron chi connectivity index (χ4n) is 1.76. The van der Waals surface area contributed by atoms with Crippen LogP contribution in [0.25, 0.3) is 5.57 Å². The molecule has 0 unspecified atom stereocenters. The average molecular weight is 214 g/mol. The van der Waals surface area contributed by atoms with Crippen LogP contribution in [0.3, 0.4) is 0 Å². The molecule has 0 atom stereocenters. The molecule has 0 spiro atoms. The monoisotopic (exact) mass is 214 g/mol. The van der Waals surface area contributed by atoms with E-state index in [2.05, 4.69) is 0 Å². The standard InChI is InChI=1S/C12H10N2O2/c1-14-11-4-3-8(16-2)7-10(11)9(5-6-13)12(14)15/h3-5,7H,1-2H3/b9-5+. The van der Waals surface area contributed by atoms with Gasteiger partial charge in [0.25, 0.3) is 5.91 Å². The molecular weight excluding hydrogens is 204 g/mol. The van der Waals surface area contributed by atoms with Gasteiger partial charge in [0.2, 0.25) is 0 Å². The highest BCUT2D eigenvalue weighted by atomic mass is 16.5. The van der Waals surface area contributed by atoms with Crippen molar-refractivity contribution in [2.24, 2.45) is 0 Å². The number of fused-ring (bicyclic) bond motifs is 1. The Morgan fingerprint density at radius 1 is 1.50 bits per heavy atom. The van der Waals surface area contributed by atoms with Crippen LogP contribution < -0.4 is 9.64 Å². The second-order valence-electron chi connectivity index (χ2n) is 3.43. The molecule has 4 nitrogen and oxygen atoms in total. The van der Waals surface area contributed by atoms with Crippen LogP contribution in [0.1, 0.15) is 5.56 Å². The van der Waals surface area contributed by atoms with E-state index in [1.54, 1.807) is 26.3 Å². The molecule has 0 N–H and O–H groups in total. The number of carbonyl (C=O) groups is 1. The third kappa shape index (κ3) is 1.34. The molecular formula is C12H10N2O2. The Morgan fingerprint density at radius 3 is 2.88 bits per heavy atom. The third-order valence-corrected chi connectivity index (χ3v) is 2.60. The van der Waals surface area contributed by atoms with Crippen molar-refractivity contribution in [3.63, 3.8) is 0 Å². The molecule has 80 valence electrons. The fraction of sp³-hybridized carbons (Fsp3) is 0.167. The minimum Gasteiger partial charge on any atom is -0.497 e. The van der Waals surface area contributed by atoms with Crippen LogP contribution in [-0.2, 0) is 4.79 Å². The predicted octanol–water partition coefficient (Wildman–Crippen LogP) is 1.58. The highest BCUT2D eigenvalue weighted by Crippen LogP contribution is 2.37. The first-order valence-corrected chi connectivity index (χ1v) is 4.75. The third-order valence-electron chi connectivity index (χ3n) is 2.60. The Morgan fingerprint density at radius 2 is 2.25 bits per heavy atom. The lowest BCUT2D eigenvalue weighted by Gasteiger charge is -2.09. The number of nitriles is 1. The van der Waals surface area contributed by atoms with Crippen molar-refractivity contribution in [1.29, 1.82) is 5.26 Å². The summed E-state index contributed by atoms with van der Waals surface area (Å²) in [5, 5.41) is 8.65. The largest absolute Gasteiger partial charge is 0.497 e. The van der Waals surface area contributed by atoms with E-state index in [1.165, 1.54) is 11.0 Å². The Kier molecular flexibility index (Phi) is 2.37. The van der Waals surface area contributed by atoms with Gasteiger partial charge in [-0.05, 0) is 18.2 Å². The second kappa shape index (κ2) is 3.70. The van der Waals surface area contributed by atoms with Crippen LogP contribution >= 0.6 is 0 Å². The van der Waals surface area contributed by atoms with Crippen molar-refractivity contribution >= 4 is 17.2 Å². The molecule has 1 aliphatic rings. The Labute approximate surface area is 93.4 Å². The number of methoxy groups -OCH3 is 1. The van der Waals surface area contributed by atoms with Crippen LogP contribution in [0.5, 0.6) is 5.75 Å². The molecule has 0 fully saturated rings. The molecule has 1 aromatic carbocycles. The van der Waals surface area contributed by atoms with Crippen LogP contribution in [0.4, 0.5) is 5.69 Å². The molecule has 2 rings (SSSR count). The number of anilines is 1. The van der Waals surface area contributed by atoms with E-state index in [0.29, 0.717) is 11.3 Å². The summed E-state index contributed by atoms with van der Waals surface area (Å²) in [6.45, 7) is 0. The van der Waals surface area contributed by atoms with E-state index in [1.807, 2.05) is 12.1 Å². The smallest absolute Gasteiger partial charge is 0.259 e. The summed E-state index contributed by atoms with van der Waals surface area (Å²) in [5.41, 5.74) is 1.96. The molecule has 1 aromatic rings. The van der Waals surface area contributed by atoms with Gasteiger partial charge >= 0.3 is 0 Å². The van der Waals surface area contributed by atoms with Gasteiger partial charge < -0.3 is 9.64 Å². The molecule has 1 aliphatic heterocycles. The minimum absolute atomic E-state index is 0.162. The molecule has 0 saturated carbocycles. The first-order valence-electron chi connectivity index (χ1n) is 4.75. The van der Waals surface area contributed by atoms with Crippen molar-refractivity contribution in [2.75, 3.05) is 19.1 Å². The molecule has 0 aromatic heterocycles. The first kappa shape index (κ1) is 10.2. The van der Waals surface area contributed by atoms with E-state index >= 15 is 0 Å². The van der Waals surface area contributed by atoms with Crippen molar-refractivity contribution < 1.29 is 9.53 Å². The maximum absolute atomic E-state index is 11.8.